The number of nitrogens with one attached hydrogen (secondary N) is 2. The molecule has 1 fully saturated rings. The van der Waals surface area contributed by atoms with Crippen LogP contribution in [0.15, 0.2) is 17.1 Å². The second-order valence-electron chi connectivity index (χ2n) is 3.72. The largest absolute Gasteiger partial charge is 0.323 e. The highest BCUT2D eigenvalue weighted by atomic mass is 19.2. The number of aliphatic imine (C=N–C) groups is 1. The Morgan fingerprint density at radius 2 is 1.82 bits per heavy atom. The Kier molecular flexibility index (Phi) is 3.19. The Morgan fingerprint density at radius 3 is 2.41 bits per heavy atom. The van der Waals surface area contributed by atoms with Crippen molar-refractivity contribution in [2.75, 3.05) is 5.32 Å². The molecule has 1 aliphatic carbocycles. The molecule has 92 valence electrons. The zero-order valence-corrected chi connectivity index (χ0v) is 8.80. The zero-order valence-electron chi connectivity index (χ0n) is 8.80. The molecule has 4 nitrogen and oxygen atoms in total. The molecule has 4 N–H and O–H groups in total. The van der Waals surface area contributed by atoms with Gasteiger partial charge in [-0.3, -0.25) is 5.43 Å². The van der Waals surface area contributed by atoms with Gasteiger partial charge >= 0.3 is 0 Å². The summed E-state index contributed by atoms with van der Waals surface area (Å²) >= 11 is 0. The van der Waals surface area contributed by atoms with Crippen LogP contribution in [0.5, 0.6) is 0 Å². The van der Waals surface area contributed by atoms with Crippen molar-refractivity contribution in [1.82, 2.24) is 5.43 Å². The number of guanidine groups is 1. The minimum absolute atomic E-state index is 0.123. The highest BCUT2D eigenvalue weighted by molar-refractivity contribution is 5.93. The first-order valence-corrected chi connectivity index (χ1v) is 5.06. The molecule has 1 aliphatic rings. The second kappa shape index (κ2) is 4.62. The van der Waals surface area contributed by atoms with Crippen LogP contribution < -0.4 is 16.6 Å². The van der Waals surface area contributed by atoms with Gasteiger partial charge in [0.25, 0.3) is 0 Å². The number of hydrazine groups is 1. The SMILES string of the molecule is NNC(=NC1CC1)Nc1cc(F)c(F)cc1F. The van der Waals surface area contributed by atoms with Gasteiger partial charge in [0.05, 0.1) is 11.7 Å². The lowest BCUT2D eigenvalue weighted by Crippen LogP contribution is -2.36. The van der Waals surface area contributed by atoms with E-state index in [2.05, 4.69) is 15.7 Å². The standard InChI is InChI=1S/C10H11F3N4/c11-6-3-8(13)9(4-7(6)12)16-10(17-14)15-5-1-2-5/h3-5H,1-2,14H2,(H2,15,16,17). The number of hydrogen-bond acceptors (Lipinski definition) is 2. The summed E-state index contributed by atoms with van der Waals surface area (Å²) in [6, 6.07) is 1.33. The molecule has 1 aromatic rings. The molecule has 7 heteroatoms. The molecule has 1 saturated carbocycles. The molecule has 0 aliphatic heterocycles. The maximum absolute atomic E-state index is 13.3. The van der Waals surface area contributed by atoms with Crippen molar-refractivity contribution in [3.63, 3.8) is 0 Å². The predicted molar refractivity (Wildman–Crippen MR) is 57.7 cm³/mol. The Morgan fingerprint density at radius 1 is 1.18 bits per heavy atom. The van der Waals surface area contributed by atoms with Crippen molar-refractivity contribution >= 4 is 11.6 Å². The van der Waals surface area contributed by atoms with Gasteiger partial charge in [0.15, 0.2) is 11.6 Å². The number of rotatable bonds is 2. The molecular formula is C10H11F3N4. The van der Waals surface area contributed by atoms with E-state index in [1.165, 1.54) is 0 Å². The summed E-state index contributed by atoms with van der Waals surface area (Å²) in [5.74, 6) is 2.01. The third-order valence-electron chi connectivity index (χ3n) is 2.26. The van der Waals surface area contributed by atoms with Crippen LogP contribution in [0, 0.1) is 17.5 Å². The molecule has 0 saturated heterocycles. The maximum atomic E-state index is 13.3. The first-order chi connectivity index (χ1) is 8.10. The van der Waals surface area contributed by atoms with Gasteiger partial charge in [0.1, 0.15) is 5.82 Å². The number of hydrogen-bond donors (Lipinski definition) is 3. The summed E-state index contributed by atoms with van der Waals surface area (Å²) in [5.41, 5.74) is 2.02. The highest BCUT2D eigenvalue weighted by Gasteiger charge is 2.21. The molecule has 0 aromatic heterocycles. The number of anilines is 1. The van der Waals surface area contributed by atoms with Gasteiger partial charge in [-0.05, 0) is 12.8 Å². The lowest BCUT2D eigenvalue weighted by molar-refractivity contribution is 0.496. The summed E-state index contributed by atoms with van der Waals surface area (Å²) < 4.78 is 38.9. The Hall–Kier alpha value is -1.76. The van der Waals surface area contributed by atoms with E-state index in [0.717, 1.165) is 12.8 Å². The van der Waals surface area contributed by atoms with E-state index < -0.39 is 17.5 Å². The normalized spacial score (nSPS) is 15.9. The topological polar surface area (TPSA) is 62.4 Å². The molecule has 2 rings (SSSR count). The Balaban J connectivity index is 2.19. The number of halogens is 3. The molecular weight excluding hydrogens is 233 g/mol. The Labute approximate surface area is 95.7 Å². The average molecular weight is 244 g/mol. The molecule has 0 heterocycles. The fourth-order valence-corrected chi connectivity index (χ4v) is 1.24. The van der Waals surface area contributed by atoms with Crippen molar-refractivity contribution in [2.24, 2.45) is 10.8 Å². The van der Waals surface area contributed by atoms with E-state index in [9.17, 15) is 13.2 Å². The molecule has 0 bridgehead atoms. The Bertz CT molecular complexity index is 457. The minimum atomic E-state index is -1.24. The molecule has 0 atom stereocenters. The molecule has 0 unspecified atom stereocenters. The van der Waals surface area contributed by atoms with Crippen molar-refractivity contribution in [1.29, 1.82) is 0 Å². The van der Waals surface area contributed by atoms with Crippen LogP contribution in [0.3, 0.4) is 0 Å². The third-order valence-corrected chi connectivity index (χ3v) is 2.26. The van der Waals surface area contributed by atoms with Crippen LogP contribution in [0.1, 0.15) is 12.8 Å². The first-order valence-electron chi connectivity index (χ1n) is 5.06. The van der Waals surface area contributed by atoms with Gasteiger partial charge in [-0.25, -0.2) is 24.0 Å². The average Bonchev–Trinajstić information content (AvgIpc) is 3.08. The zero-order chi connectivity index (χ0) is 12.4. The van der Waals surface area contributed by atoms with Crippen molar-refractivity contribution in [3.05, 3.63) is 29.6 Å². The summed E-state index contributed by atoms with van der Waals surface area (Å²) in [6.45, 7) is 0. The molecule has 17 heavy (non-hydrogen) atoms. The van der Waals surface area contributed by atoms with E-state index in [1.807, 2.05) is 0 Å². The number of nitrogens with two attached hydrogens (primary N) is 1. The van der Waals surface area contributed by atoms with Gasteiger partial charge in [-0.15, -0.1) is 0 Å². The van der Waals surface area contributed by atoms with Crippen LogP contribution in [-0.4, -0.2) is 12.0 Å². The van der Waals surface area contributed by atoms with Gasteiger partial charge in [0.2, 0.25) is 5.96 Å². The lowest BCUT2D eigenvalue weighted by Gasteiger charge is -2.10. The number of benzene rings is 1. The first kappa shape index (κ1) is 11.7. The van der Waals surface area contributed by atoms with Crippen LogP contribution in [0.2, 0.25) is 0 Å². The predicted octanol–water partition coefficient (Wildman–Crippen LogP) is 1.50. The summed E-state index contributed by atoms with van der Waals surface area (Å²) in [4.78, 5) is 4.08. The highest BCUT2D eigenvalue weighted by Crippen LogP contribution is 2.24. The van der Waals surface area contributed by atoms with Crippen LogP contribution in [0.4, 0.5) is 18.9 Å². The van der Waals surface area contributed by atoms with E-state index in [1.54, 1.807) is 0 Å². The van der Waals surface area contributed by atoms with Crippen molar-refractivity contribution in [3.8, 4) is 0 Å². The van der Waals surface area contributed by atoms with Gasteiger partial charge in [-0.1, -0.05) is 0 Å². The summed E-state index contributed by atoms with van der Waals surface area (Å²) in [7, 11) is 0. The number of nitrogens with zero attached hydrogens (tertiary/aromatic N) is 1. The van der Waals surface area contributed by atoms with Crippen LogP contribution >= 0.6 is 0 Å². The fourth-order valence-electron chi connectivity index (χ4n) is 1.24. The summed E-state index contributed by atoms with van der Waals surface area (Å²) in [5, 5.41) is 2.47. The van der Waals surface area contributed by atoms with E-state index in [4.69, 9.17) is 5.84 Å². The van der Waals surface area contributed by atoms with Gasteiger partial charge < -0.3 is 5.32 Å². The smallest absolute Gasteiger partial charge is 0.210 e. The molecule has 1 aromatic carbocycles. The summed E-state index contributed by atoms with van der Waals surface area (Å²) in [6.07, 6.45) is 1.88. The van der Waals surface area contributed by atoms with Gasteiger partial charge in [0, 0.05) is 12.1 Å². The maximum Gasteiger partial charge on any atom is 0.210 e. The third kappa shape index (κ3) is 2.88. The quantitative estimate of drug-likeness (QED) is 0.243. The molecule has 0 spiro atoms. The van der Waals surface area contributed by atoms with Crippen LogP contribution in [-0.2, 0) is 0 Å². The van der Waals surface area contributed by atoms with Crippen molar-refractivity contribution < 1.29 is 13.2 Å². The molecule has 0 radical (unpaired) electrons. The van der Waals surface area contributed by atoms with E-state index in [0.29, 0.717) is 12.1 Å². The van der Waals surface area contributed by atoms with Gasteiger partial charge in [-0.2, -0.15) is 0 Å². The van der Waals surface area contributed by atoms with Crippen molar-refractivity contribution in [2.45, 2.75) is 18.9 Å². The van der Waals surface area contributed by atoms with E-state index >= 15 is 0 Å². The monoisotopic (exact) mass is 244 g/mol. The van der Waals surface area contributed by atoms with E-state index in [-0.39, 0.29) is 17.7 Å². The molecule has 0 amide bonds. The lowest BCUT2D eigenvalue weighted by atomic mass is 10.3. The minimum Gasteiger partial charge on any atom is -0.323 e. The fraction of sp³-hybridized carbons (Fsp3) is 0.300. The second-order valence-corrected chi connectivity index (χ2v) is 3.72. The van der Waals surface area contributed by atoms with Crippen LogP contribution in [0.25, 0.3) is 0 Å².